The Morgan fingerprint density at radius 1 is 0.381 bits per heavy atom. The fraction of sp³-hybridized carbons (Fsp3) is 0.923. The van der Waals surface area contributed by atoms with Crippen LogP contribution in [0.25, 0.3) is 0 Å². The average molecular weight is 1730 g/mol. The van der Waals surface area contributed by atoms with Gasteiger partial charge in [0.1, 0.15) is 214 Å². The van der Waals surface area contributed by atoms with Gasteiger partial charge in [0.05, 0.1) is 71.1 Å². The van der Waals surface area contributed by atoms with Crippen LogP contribution in [-0.4, -0.2) is 509 Å². The standard InChI is InChI=1S/C65H108N4O49/c1-15-33(83)42(92)45(95)59(104-15)103-14-27-51(39(89)30(56(99)105-27)66-16(2)77)112-57-31(67-17(3)78)40(90)49(24(10-74)109-57)113-61-47(97)53(38(88)26(111-61)13-102-60-46(96)43(93)35(85)21(7-71)106-60)115-63-55(44(94)36(86)22(8-72)108-63)116-58-32(68-18(4)79)41(91)50(25(11-75)110-58)114-62-48(98)54(37(87)23(9-73)107-62)118-65(64(100)101)5-19(80)29(69-28(82)12-76)52(117-65)34(84)20(81)6-70/h15,19-27,29-63,70-76,80-81,83-99H,5-14H2,1-4H3,(H,66,77)(H,67,78)(H,68,79)(H,69,82)(H,100,101)/t15-,19-,20+,21+,22+,23+,24+,25+,26+,27+,29+,30+,31+,32+,33+,34+,35+,36+,37-,38+,39+,40+,41+,42+,43-,44-,45-,46-,47-,48+,49+,50+,51+,52+,53-,54-,55-,56+,57-,58-,59+,60-,61-,62-,63+,65-/m0/s1. The zero-order valence-corrected chi connectivity index (χ0v) is 63.1. The summed E-state index contributed by atoms with van der Waals surface area (Å²) < 4.78 is 99.8. The van der Waals surface area contributed by atoms with Crippen LogP contribution >= 0.6 is 0 Å². The normalized spacial score (nSPS) is 47.6. The summed E-state index contributed by atoms with van der Waals surface area (Å²) in [6, 6.07) is -7.72. The van der Waals surface area contributed by atoms with Gasteiger partial charge in [0, 0.05) is 27.2 Å². The summed E-state index contributed by atoms with van der Waals surface area (Å²) in [4.78, 5) is 64.2. The van der Waals surface area contributed by atoms with E-state index < -0.39 is 377 Å². The van der Waals surface area contributed by atoms with Gasteiger partial charge in [-0.2, -0.15) is 0 Å². The van der Waals surface area contributed by atoms with Crippen molar-refractivity contribution < 1.29 is 242 Å². The van der Waals surface area contributed by atoms with Gasteiger partial charge in [-0.3, -0.25) is 19.2 Å². The van der Waals surface area contributed by atoms with Gasteiger partial charge in [0.25, 0.3) is 5.79 Å². The number of carboxylic acid groups (broad SMARTS) is 1. The fourth-order valence-electron chi connectivity index (χ4n) is 15.0. The van der Waals surface area contributed by atoms with Gasteiger partial charge in [0.15, 0.2) is 50.3 Å². The Morgan fingerprint density at radius 2 is 0.780 bits per heavy atom. The molecule has 0 aliphatic carbocycles. The van der Waals surface area contributed by atoms with Crippen molar-refractivity contribution in [2.24, 2.45) is 0 Å². The molecule has 682 valence electrons. The van der Waals surface area contributed by atoms with Crippen molar-refractivity contribution in [1.29, 1.82) is 0 Å². The van der Waals surface area contributed by atoms with Crippen molar-refractivity contribution >= 4 is 29.6 Å². The number of amides is 4. The number of ether oxygens (including phenoxy) is 17. The zero-order chi connectivity index (χ0) is 87.3. The highest BCUT2D eigenvalue weighted by Gasteiger charge is 2.63. The van der Waals surface area contributed by atoms with Gasteiger partial charge in [-0.1, -0.05) is 0 Å². The van der Waals surface area contributed by atoms with E-state index in [0.717, 1.165) is 20.8 Å². The molecule has 0 saturated carbocycles. The van der Waals surface area contributed by atoms with Crippen LogP contribution in [0.4, 0.5) is 0 Å². The number of carboxylic acids is 1. The summed E-state index contributed by atoms with van der Waals surface area (Å²) in [5.41, 5.74) is 0. The molecule has 0 aromatic rings. The van der Waals surface area contributed by atoms with Crippen molar-refractivity contribution in [3.8, 4) is 0 Å². The summed E-state index contributed by atoms with van der Waals surface area (Å²) >= 11 is 0. The Morgan fingerprint density at radius 3 is 1.28 bits per heavy atom. The molecule has 9 heterocycles. The Balaban J connectivity index is 1.00. The Hall–Kier alpha value is -4.37. The fourth-order valence-corrected chi connectivity index (χ4v) is 15.0. The lowest BCUT2D eigenvalue weighted by Crippen LogP contribution is -2.71. The molecular formula is C65H108N4O49. The van der Waals surface area contributed by atoms with E-state index in [1.54, 1.807) is 0 Å². The molecule has 0 aromatic heterocycles. The van der Waals surface area contributed by atoms with Gasteiger partial charge >= 0.3 is 5.97 Å². The van der Waals surface area contributed by atoms with Crippen LogP contribution in [0.3, 0.4) is 0 Å². The maximum absolute atomic E-state index is 13.3. The van der Waals surface area contributed by atoms with E-state index in [0.29, 0.717) is 0 Å². The molecule has 9 rings (SSSR count). The van der Waals surface area contributed by atoms with E-state index in [1.807, 2.05) is 0 Å². The molecule has 31 N–H and O–H groups in total. The van der Waals surface area contributed by atoms with E-state index in [9.17, 15) is 162 Å². The van der Waals surface area contributed by atoms with Crippen molar-refractivity contribution in [2.45, 2.75) is 316 Å². The molecular weight excluding hydrogens is 1620 g/mol. The number of aliphatic hydroxyl groups is 26. The molecule has 0 aromatic carbocycles. The van der Waals surface area contributed by atoms with Gasteiger partial charge in [-0.15, -0.1) is 0 Å². The zero-order valence-electron chi connectivity index (χ0n) is 63.1. The van der Waals surface area contributed by atoms with E-state index in [2.05, 4.69) is 21.3 Å². The molecule has 4 amide bonds. The van der Waals surface area contributed by atoms with Crippen molar-refractivity contribution in [2.75, 3.05) is 59.5 Å². The van der Waals surface area contributed by atoms with Gasteiger partial charge in [-0.05, 0) is 6.92 Å². The SMILES string of the molecule is CC(=O)N[C@@H]1[C@@H](O)[C@H](O[C@@H]2O[C@H](CO)[C@@H](O[C@@H]3O[C@H](CO[C@H]4O[C@H](CO)[C@@H](O)[C@H](O)[C@@H]4O)[C@@H](O)[C@H](O[C@H]4O[C@H](CO)[C@@H](O)[C@H](O)[C@@H]4O[C@@H]4O[C@H](CO)[C@@H](O[C@@H]5O[C@H](CO)[C@H](O)[C@H](O[C@]6(C(=O)O)C[C@H](O)[C@@H](NC(=O)CO)[C@H]([C@H](O)[C@H](O)CO)O6)[C@H]5O)[C@H](O)[C@H]4NC(C)=O)[C@@H]3O)[C@H](O)[C@H]2NC(C)=O)[C@@H](CO[C@@H]2O[C@@H](C)[C@@H](O)[C@@H](O)[C@@H]2O)O[C@H]1O. The van der Waals surface area contributed by atoms with Crippen LogP contribution in [0.2, 0.25) is 0 Å². The number of hydrogen-bond acceptors (Lipinski definition) is 48. The third kappa shape index (κ3) is 21.4. The number of carbonyl (C=O) groups excluding carboxylic acids is 4. The monoisotopic (exact) mass is 1730 g/mol. The summed E-state index contributed by atoms with van der Waals surface area (Å²) in [5.74, 6) is -9.64. The van der Waals surface area contributed by atoms with E-state index in [-0.39, 0.29) is 0 Å². The molecule has 53 heteroatoms. The second-order valence-corrected chi connectivity index (χ2v) is 29.6. The lowest BCUT2D eigenvalue weighted by atomic mass is 9.88. The molecule has 0 spiro atoms. The minimum absolute atomic E-state index is 0.832. The van der Waals surface area contributed by atoms with E-state index >= 15 is 0 Å². The minimum Gasteiger partial charge on any atom is -0.477 e. The van der Waals surface area contributed by atoms with Gasteiger partial charge in [-0.25, -0.2) is 4.79 Å². The van der Waals surface area contributed by atoms with Crippen LogP contribution in [-0.2, 0) is 104 Å². The van der Waals surface area contributed by atoms with Gasteiger partial charge < -0.3 is 240 Å². The number of aliphatic carboxylic acids is 1. The lowest BCUT2D eigenvalue weighted by molar-refractivity contribution is -0.400. The summed E-state index contributed by atoms with van der Waals surface area (Å²) in [6.07, 6.45) is -88.8. The first-order valence-electron chi connectivity index (χ1n) is 37.3. The molecule has 9 aliphatic heterocycles. The lowest BCUT2D eigenvalue weighted by Gasteiger charge is -2.51. The third-order valence-corrected chi connectivity index (χ3v) is 21.4. The Bertz CT molecular complexity index is 3210. The minimum atomic E-state index is -3.36. The molecule has 118 heavy (non-hydrogen) atoms. The molecule has 9 fully saturated rings. The molecule has 9 saturated heterocycles. The molecule has 0 radical (unpaired) electrons. The first-order chi connectivity index (χ1) is 55.6. The van der Waals surface area contributed by atoms with Crippen LogP contribution in [0, 0.1) is 0 Å². The number of carbonyl (C=O) groups is 5. The molecule has 9 aliphatic rings. The van der Waals surface area contributed by atoms with Crippen LogP contribution < -0.4 is 21.3 Å². The number of aliphatic hydroxyl groups excluding tert-OH is 26. The highest BCUT2D eigenvalue weighted by Crippen LogP contribution is 2.42. The van der Waals surface area contributed by atoms with Crippen LogP contribution in [0.15, 0.2) is 0 Å². The van der Waals surface area contributed by atoms with Crippen LogP contribution in [0.5, 0.6) is 0 Å². The second kappa shape index (κ2) is 42.1. The van der Waals surface area contributed by atoms with Crippen molar-refractivity contribution in [3.63, 3.8) is 0 Å². The first kappa shape index (κ1) is 97.4. The number of rotatable bonds is 32. The average Bonchev–Trinajstić information content (AvgIpc) is 0.751. The summed E-state index contributed by atoms with van der Waals surface area (Å²) in [7, 11) is 0. The topological polar surface area (TPSA) is 837 Å². The first-order valence-corrected chi connectivity index (χ1v) is 37.3. The Labute approximate surface area is 666 Å². The highest BCUT2D eigenvalue weighted by atomic mass is 16.8. The number of nitrogens with one attached hydrogen (secondary N) is 4. The summed E-state index contributed by atoms with van der Waals surface area (Å²) in [5, 5.41) is 308. The van der Waals surface area contributed by atoms with Crippen molar-refractivity contribution in [3.05, 3.63) is 0 Å². The maximum Gasteiger partial charge on any atom is 0.364 e. The summed E-state index contributed by atoms with van der Waals surface area (Å²) in [6.45, 7) is -6.27. The van der Waals surface area contributed by atoms with Crippen LogP contribution in [0.1, 0.15) is 34.1 Å². The van der Waals surface area contributed by atoms with Gasteiger partial charge in [0.2, 0.25) is 23.6 Å². The smallest absolute Gasteiger partial charge is 0.364 e. The van der Waals surface area contributed by atoms with E-state index in [4.69, 9.17) is 80.5 Å². The second-order valence-electron chi connectivity index (χ2n) is 29.6. The largest absolute Gasteiger partial charge is 0.477 e. The molecule has 0 bridgehead atoms. The number of hydrogen-bond donors (Lipinski definition) is 31. The molecule has 53 nitrogen and oxygen atoms in total. The quantitative estimate of drug-likeness (QED) is 0.0297. The molecule has 0 unspecified atom stereocenters. The van der Waals surface area contributed by atoms with Crippen molar-refractivity contribution in [1.82, 2.24) is 21.3 Å². The highest BCUT2D eigenvalue weighted by molar-refractivity contribution is 5.78. The predicted molar refractivity (Wildman–Crippen MR) is 361 cm³/mol. The van der Waals surface area contributed by atoms with E-state index in [1.165, 1.54) is 6.92 Å². The predicted octanol–water partition coefficient (Wildman–Crippen LogP) is -20.8. The third-order valence-electron chi connectivity index (χ3n) is 21.4. The maximum atomic E-state index is 13.3. The molecule has 46 atom stereocenters. The Kier molecular flexibility index (Phi) is 34.7.